The molecule has 35 heavy (non-hydrogen) atoms. The molecule has 0 radical (unpaired) electrons. The van der Waals surface area contributed by atoms with Crippen LogP contribution < -0.4 is 5.01 Å². The number of nitrogens with zero attached hydrogens (tertiary/aromatic N) is 4. The second-order valence-electron chi connectivity index (χ2n) is 7.85. The molecule has 9 nitrogen and oxygen atoms in total. The Morgan fingerprint density at radius 1 is 0.971 bits per heavy atom. The quantitative estimate of drug-likeness (QED) is 0.232. The van der Waals surface area contributed by atoms with Gasteiger partial charge in [-0.1, -0.05) is 36.4 Å². The predicted octanol–water partition coefficient (Wildman–Crippen LogP) is 4.59. The number of hydrogen-bond acceptors (Lipinski definition) is 6. The van der Waals surface area contributed by atoms with Crippen LogP contribution >= 0.6 is 0 Å². The topological polar surface area (TPSA) is 115 Å². The molecule has 0 saturated heterocycles. The number of amides is 1. The van der Waals surface area contributed by atoms with Crippen LogP contribution in [0.15, 0.2) is 101 Å². The molecule has 0 bridgehead atoms. The Kier molecular flexibility index (Phi) is 5.29. The molecule has 2 heterocycles. The Morgan fingerprint density at radius 3 is 2.29 bits per heavy atom. The number of hydrogen-bond donors (Lipinski definition) is 0. The smallest absolute Gasteiger partial charge is 0.267 e. The highest BCUT2D eigenvalue weighted by molar-refractivity contribution is 7.90. The van der Waals surface area contributed by atoms with Gasteiger partial charge in [0.15, 0.2) is 0 Å². The number of non-ortho nitro benzene ring substituents is 1. The number of carbonyl (C=O) groups excluding carboxylic acids is 1. The average molecular weight is 487 g/mol. The number of rotatable bonds is 5. The fourth-order valence-electron chi connectivity index (χ4n) is 3.93. The number of nitro benzene ring substituents is 1. The van der Waals surface area contributed by atoms with Crippen LogP contribution in [0.1, 0.15) is 12.5 Å². The molecule has 5 rings (SSSR count). The van der Waals surface area contributed by atoms with Crippen molar-refractivity contribution in [2.45, 2.75) is 11.8 Å². The van der Waals surface area contributed by atoms with Crippen LogP contribution in [0.25, 0.3) is 17.0 Å². The summed E-state index contributed by atoms with van der Waals surface area (Å²) in [4.78, 5) is 24.1. The van der Waals surface area contributed by atoms with Gasteiger partial charge in [-0.05, 0) is 43.3 Å². The van der Waals surface area contributed by atoms with Gasteiger partial charge >= 0.3 is 0 Å². The molecule has 0 fully saturated rings. The maximum Gasteiger partial charge on any atom is 0.280 e. The van der Waals surface area contributed by atoms with Gasteiger partial charge in [0.2, 0.25) is 0 Å². The van der Waals surface area contributed by atoms with Crippen molar-refractivity contribution in [1.82, 2.24) is 3.97 Å². The normalized spacial score (nSPS) is 15.1. The van der Waals surface area contributed by atoms with Crippen molar-refractivity contribution in [2.75, 3.05) is 5.01 Å². The van der Waals surface area contributed by atoms with E-state index in [9.17, 15) is 23.3 Å². The van der Waals surface area contributed by atoms with Crippen molar-refractivity contribution in [3.63, 3.8) is 0 Å². The molecule has 10 heteroatoms. The third-order valence-corrected chi connectivity index (χ3v) is 7.35. The minimum absolute atomic E-state index is 0.0689. The van der Waals surface area contributed by atoms with Gasteiger partial charge in [-0.3, -0.25) is 14.9 Å². The number of anilines is 1. The minimum atomic E-state index is -4.00. The zero-order chi connectivity index (χ0) is 24.7. The molecule has 174 valence electrons. The van der Waals surface area contributed by atoms with Crippen molar-refractivity contribution in [2.24, 2.45) is 5.10 Å². The van der Waals surface area contributed by atoms with E-state index < -0.39 is 14.9 Å². The number of carbonyl (C=O) groups is 1. The number of hydrazone groups is 1. The van der Waals surface area contributed by atoms with Crippen LogP contribution in [-0.4, -0.2) is 28.9 Å². The third kappa shape index (κ3) is 3.79. The van der Waals surface area contributed by atoms with Crippen LogP contribution in [0.5, 0.6) is 0 Å². The molecule has 0 N–H and O–H groups in total. The zero-order valence-electron chi connectivity index (χ0n) is 18.4. The van der Waals surface area contributed by atoms with Crippen molar-refractivity contribution < 1.29 is 18.1 Å². The third-order valence-electron chi connectivity index (χ3n) is 5.66. The van der Waals surface area contributed by atoms with E-state index in [0.717, 1.165) is 3.97 Å². The zero-order valence-corrected chi connectivity index (χ0v) is 19.2. The van der Waals surface area contributed by atoms with Crippen LogP contribution in [0.4, 0.5) is 11.4 Å². The average Bonchev–Trinajstić information content (AvgIpc) is 3.38. The molecule has 4 aromatic rings. The van der Waals surface area contributed by atoms with Gasteiger partial charge < -0.3 is 0 Å². The van der Waals surface area contributed by atoms with E-state index >= 15 is 0 Å². The van der Waals surface area contributed by atoms with Crippen LogP contribution in [0, 0.1) is 10.1 Å². The summed E-state index contributed by atoms with van der Waals surface area (Å²) in [5.41, 5.74) is 1.70. The van der Waals surface area contributed by atoms with E-state index in [1.807, 2.05) is 6.07 Å². The summed E-state index contributed by atoms with van der Waals surface area (Å²) >= 11 is 0. The van der Waals surface area contributed by atoms with Crippen LogP contribution in [0.3, 0.4) is 0 Å². The summed E-state index contributed by atoms with van der Waals surface area (Å²) < 4.78 is 27.9. The molecule has 1 amide bonds. The highest BCUT2D eigenvalue weighted by Crippen LogP contribution is 2.32. The molecule has 0 atom stereocenters. The van der Waals surface area contributed by atoms with E-state index in [1.54, 1.807) is 49.4 Å². The van der Waals surface area contributed by atoms with Crippen molar-refractivity contribution in [1.29, 1.82) is 0 Å². The SMILES string of the molecule is CC1=NN(c2ccccc2)C(=O)/C1=C/c1cn(S(=O)(=O)c2ccccc2)c2ccc([N+](=O)[O-])cc12. The van der Waals surface area contributed by atoms with Gasteiger partial charge in [-0.25, -0.2) is 12.4 Å². The minimum Gasteiger partial charge on any atom is -0.267 e. The number of benzene rings is 3. The number of aromatic nitrogens is 1. The highest BCUT2D eigenvalue weighted by atomic mass is 32.2. The number of para-hydroxylation sites is 1. The molecule has 1 aromatic heterocycles. The van der Waals surface area contributed by atoms with E-state index in [1.165, 1.54) is 47.6 Å². The predicted molar refractivity (Wildman–Crippen MR) is 133 cm³/mol. The Bertz CT molecular complexity index is 1660. The lowest BCUT2D eigenvalue weighted by molar-refractivity contribution is -0.384. The monoisotopic (exact) mass is 486 g/mol. The summed E-state index contributed by atoms with van der Waals surface area (Å²) in [7, 11) is -4.00. The largest absolute Gasteiger partial charge is 0.280 e. The lowest BCUT2D eigenvalue weighted by Gasteiger charge is -2.10. The van der Waals surface area contributed by atoms with Gasteiger partial charge in [0.1, 0.15) is 0 Å². The van der Waals surface area contributed by atoms with E-state index in [4.69, 9.17) is 0 Å². The van der Waals surface area contributed by atoms with Gasteiger partial charge in [0.05, 0.1) is 32.3 Å². The fraction of sp³-hybridized carbons (Fsp3) is 0.0400. The van der Waals surface area contributed by atoms with Crippen molar-refractivity contribution in [3.05, 3.63) is 106 Å². The van der Waals surface area contributed by atoms with Crippen molar-refractivity contribution >= 4 is 50.0 Å². The molecular weight excluding hydrogens is 468 g/mol. The maximum atomic E-state index is 13.4. The summed E-state index contributed by atoms with van der Waals surface area (Å²) in [6.45, 7) is 1.68. The number of nitro groups is 1. The van der Waals surface area contributed by atoms with Gasteiger partial charge in [-0.15, -0.1) is 0 Å². The number of fused-ring (bicyclic) bond motifs is 1. The molecule has 3 aromatic carbocycles. The van der Waals surface area contributed by atoms with Gasteiger partial charge in [0.25, 0.3) is 21.6 Å². The lowest BCUT2D eigenvalue weighted by atomic mass is 10.1. The first-order valence-electron chi connectivity index (χ1n) is 10.5. The standard InChI is InChI=1S/C25H18N4O5S/c1-17-22(25(30)28(26-17)19-8-4-2-5-9-19)14-18-16-27(35(33,34)21-10-6-3-7-11-21)24-13-12-20(29(31)32)15-23(18)24/h2-16H,1H3/b22-14+. The van der Waals surface area contributed by atoms with Crippen LogP contribution in [-0.2, 0) is 14.8 Å². The second kappa shape index (κ2) is 8.33. The van der Waals surface area contributed by atoms with E-state index in [-0.39, 0.29) is 27.6 Å². The first-order valence-corrected chi connectivity index (χ1v) is 12.0. The molecule has 1 aliphatic rings. The van der Waals surface area contributed by atoms with E-state index in [0.29, 0.717) is 22.3 Å². The summed E-state index contributed by atoms with van der Waals surface area (Å²) in [5.74, 6) is -0.383. The lowest BCUT2D eigenvalue weighted by Crippen LogP contribution is -2.21. The second-order valence-corrected chi connectivity index (χ2v) is 9.67. The molecule has 0 unspecified atom stereocenters. The highest BCUT2D eigenvalue weighted by Gasteiger charge is 2.30. The van der Waals surface area contributed by atoms with Crippen molar-refractivity contribution in [3.8, 4) is 0 Å². The fourth-order valence-corrected chi connectivity index (χ4v) is 5.33. The van der Waals surface area contributed by atoms with Gasteiger partial charge in [-0.2, -0.15) is 10.1 Å². The molecule has 0 aliphatic carbocycles. The Labute approximate surface area is 200 Å². The Morgan fingerprint density at radius 2 is 1.63 bits per heavy atom. The van der Waals surface area contributed by atoms with E-state index in [2.05, 4.69) is 5.10 Å². The van der Waals surface area contributed by atoms with Crippen LogP contribution in [0.2, 0.25) is 0 Å². The first kappa shape index (κ1) is 22.2. The summed E-state index contributed by atoms with van der Waals surface area (Å²) in [5, 5.41) is 17.4. The first-order chi connectivity index (χ1) is 16.8. The summed E-state index contributed by atoms with van der Waals surface area (Å²) in [6.07, 6.45) is 2.89. The molecule has 0 spiro atoms. The summed E-state index contributed by atoms with van der Waals surface area (Å²) in [6, 6.07) is 20.7. The Balaban J connectivity index is 1.69. The molecular formula is C25H18N4O5S. The maximum absolute atomic E-state index is 13.4. The molecule has 1 aliphatic heterocycles. The Hall–Kier alpha value is -4.57. The molecule has 0 saturated carbocycles. The van der Waals surface area contributed by atoms with Gasteiger partial charge in [0, 0.05) is 29.3 Å².